The van der Waals surface area contributed by atoms with Crippen molar-refractivity contribution >= 4 is 23.7 Å². The van der Waals surface area contributed by atoms with Gasteiger partial charge in [-0.2, -0.15) is 5.10 Å². The zero-order valence-electron chi connectivity index (χ0n) is 10.0. The Bertz CT molecular complexity index is 574. The van der Waals surface area contributed by atoms with Gasteiger partial charge in [-0.3, -0.25) is 4.79 Å². The van der Waals surface area contributed by atoms with E-state index in [1.165, 1.54) is 5.56 Å². The normalized spacial score (nSPS) is 10.8. The first-order valence-corrected chi connectivity index (χ1v) is 6.13. The average Bonchev–Trinajstić information content (AvgIpc) is 2.78. The molecule has 0 atom stereocenters. The molecule has 2 rings (SSSR count). The van der Waals surface area contributed by atoms with Gasteiger partial charge in [0.15, 0.2) is 0 Å². The van der Waals surface area contributed by atoms with E-state index in [1.54, 1.807) is 13.1 Å². The molecule has 6 heteroatoms. The Labute approximate surface area is 109 Å². The van der Waals surface area contributed by atoms with Crippen LogP contribution in [0.15, 0.2) is 29.4 Å². The molecule has 18 heavy (non-hydrogen) atoms. The number of aromatic nitrogens is 2. The number of hydrogen-bond donors (Lipinski definition) is 1. The summed E-state index contributed by atoms with van der Waals surface area (Å²) < 4.78 is 3.70. The summed E-state index contributed by atoms with van der Waals surface area (Å²) in [5.41, 5.74) is 5.18. The highest BCUT2D eigenvalue weighted by Gasteiger charge is 2.11. The summed E-state index contributed by atoms with van der Waals surface area (Å²) in [5.74, 6) is -0.286. The number of benzene rings is 1. The largest absolute Gasteiger partial charge is 0.285 e. The average molecular weight is 260 g/mol. The van der Waals surface area contributed by atoms with Gasteiger partial charge < -0.3 is 0 Å². The molecule has 2 aromatic rings. The molecule has 5 nitrogen and oxygen atoms in total. The van der Waals surface area contributed by atoms with Gasteiger partial charge in [-0.15, -0.1) is 5.10 Å². The van der Waals surface area contributed by atoms with Crippen molar-refractivity contribution < 1.29 is 4.79 Å². The van der Waals surface area contributed by atoms with Crippen LogP contribution in [0.2, 0.25) is 0 Å². The summed E-state index contributed by atoms with van der Waals surface area (Å²) in [7, 11) is 0. The zero-order chi connectivity index (χ0) is 13.0. The van der Waals surface area contributed by atoms with Crippen molar-refractivity contribution in [3.8, 4) is 0 Å². The maximum atomic E-state index is 11.7. The lowest BCUT2D eigenvalue weighted by atomic mass is 10.2. The van der Waals surface area contributed by atoms with Gasteiger partial charge in [0.05, 0.1) is 11.9 Å². The summed E-state index contributed by atoms with van der Waals surface area (Å²) in [5, 5.41) is 7.66. The number of amides is 1. The number of carbonyl (C=O) groups is 1. The third kappa shape index (κ3) is 2.98. The quantitative estimate of drug-likeness (QED) is 0.677. The van der Waals surface area contributed by atoms with E-state index in [0.717, 1.165) is 17.1 Å². The standard InChI is InChI=1S/C12H12N4OS/c1-8-3-5-10(6-4-8)7-13-15-12(17)11-9(2)14-16-18-11/h3-7H,1-2H3,(H,15,17). The highest BCUT2D eigenvalue weighted by Crippen LogP contribution is 2.08. The van der Waals surface area contributed by atoms with E-state index in [4.69, 9.17) is 0 Å². The predicted octanol–water partition coefficient (Wildman–Crippen LogP) is 1.92. The molecule has 0 aliphatic rings. The van der Waals surface area contributed by atoms with Crippen LogP contribution in [0.3, 0.4) is 0 Å². The number of hydrazone groups is 1. The van der Waals surface area contributed by atoms with Gasteiger partial charge >= 0.3 is 0 Å². The first kappa shape index (κ1) is 12.4. The Balaban J connectivity index is 1.98. The van der Waals surface area contributed by atoms with Crippen molar-refractivity contribution in [2.45, 2.75) is 13.8 Å². The zero-order valence-corrected chi connectivity index (χ0v) is 10.9. The van der Waals surface area contributed by atoms with Gasteiger partial charge in [0.2, 0.25) is 0 Å². The van der Waals surface area contributed by atoms with Crippen LogP contribution in [0.4, 0.5) is 0 Å². The van der Waals surface area contributed by atoms with Crippen LogP contribution in [0.5, 0.6) is 0 Å². The SMILES string of the molecule is Cc1ccc(C=NNC(=O)c2snnc2C)cc1. The van der Waals surface area contributed by atoms with Gasteiger partial charge in [0.25, 0.3) is 5.91 Å². The molecule has 92 valence electrons. The molecule has 0 saturated heterocycles. The summed E-state index contributed by atoms with van der Waals surface area (Å²) in [6, 6.07) is 7.84. The Morgan fingerprint density at radius 3 is 2.67 bits per heavy atom. The summed E-state index contributed by atoms with van der Waals surface area (Å²) >= 11 is 1.06. The van der Waals surface area contributed by atoms with Crippen molar-refractivity contribution in [1.82, 2.24) is 15.0 Å². The van der Waals surface area contributed by atoms with Crippen molar-refractivity contribution in [2.75, 3.05) is 0 Å². The Kier molecular flexibility index (Phi) is 3.78. The van der Waals surface area contributed by atoms with Crippen molar-refractivity contribution in [3.05, 3.63) is 46.0 Å². The lowest BCUT2D eigenvalue weighted by Crippen LogP contribution is -2.17. The Hall–Kier alpha value is -2.08. The fourth-order valence-electron chi connectivity index (χ4n) is 1.31. The van der Waals surface area contributed by atoms with E-state index in [0.29, 0.717) is 10.6 Å². The van der Waals surface area contributed by atoms with E-state index in [-0.39, 0.29) is 5.91 Å². The van der Waals surface area contributed by atoms with Gasteiger partial charge in [0, 0.05) is 0 Å². The molecule has 0 spiro atoms. The second-order valence-corrected chi connectivity index (χ2v) is 4.55. The molecular formula is C12H12N4OS. The fourth-order valence-corrected chi connectivity index (χ4v) is 1.85. The van der Waals surface area contributed by atoms with Gasteiger partial charge in [0.1, 0.15) is 4.88 Å². The smallest absolute Gasteiger partial charge is 0.266 e. The molecule has 0 aliphatic carbocycles. The van der Waals surface area contributed by atoms with Crippen molar-refractivity contribution in [1.29, 1.82) is 0 Å². The van der Waals surface area contributed by atoms with Gasteiger partial charge in [-0.05, 0) is 30.9 Å². The van der Waals surface area contributed by atoms with Crippen LogP contribution in [0.1, 0.15) is 26.5 Å². The Morgan fingerprint density at radius 1 is 1.33 bits per heavy atom. The summed E-state index contributed by atoms with van der Waals surface area (Å²) in [6.45, 7) is 3.75. The number of hydrogen-bond acceptors (Lipinski definition) is 5. The first-order valence-electron chi connectivity index (χ1n) is 5.36. The number of nitrogens with zero attached hydrogens (tertiary/aromatic N) is 3. The van der Waals surface area contributed by atoms with Crippen LogP contribution in [-0.2, 0) is 0 Å². The molecule has 0 radical (unpaired) electrons. The minimum Gasteiger partial charge on any atom is -0.266 e. The second-order valence-electron chi connectivity index (χ2n) is 3.80. The number of carbonyl (C=O) groups excluding carboxylic acids is 1. The van der Waals surface area contributed by atoms with Crippen LogP contribution in [-0.4, -0.2) is 21.7 Å². The third-order valence-electron chi connectivity index (χ3n) is 2.31. The maximum absolute atomic E-state index is 11.7. The lowest BCUT2D eigenvalue weighted by molar-refractivity contribution is 0.0958. The molecule has 1 N–H and O–H groups in total. The number of nitrogens with one attached hydrogen (secondary N) is 1. The monoisotopic (exact) mass is 260 g/mol. The molecule has 0 aliphatic heterocycles. The maximum Gasteiger partial charge on any atom is 0.285 e. The van der Waals surface area contributed by atoms with E-state index in [1.807, 2.05) is 31.2 Å². The van der Waals surface area contributed by atoms with Crippen LogP contribution in [0, 0.1) is 13.8 Å². The number of rotatable bonds is 3. The van der Waals surface area contributed by atoms with Crippen molar-refractivity contribution in [2.24, 2.45) is 5.10 Å². The minimum atomic E-state index is -0.286. The molecule has 1 aromatic heterocycles. The second kappa shape index (κ2) is 5.50. The first-order chi connectivity index (χ1) is 8.66. The van der Waals surface area contributed by atoms with Crippen molar-refractivity contribution in [3.63, 3.8) is 0 Å². The van der Waals surface area contributed by atoms with Crippen LogP contribution >= 0.6 is 11.5 Å². The van der Waals surface area contributed by atoms with E-state index in [2.05, 4.69) is 20.1 Å². The number of aryl methyl sites for hydroxylation is 2. The third-order valence-corrected chi connectivity index (χ3v) is 3.14. The van der Waals surface area contributed by atoms with Crippen LogP contribution in [0.25, 0.3) is 0 Å². The molecule has 1 amide bonds. The molecule has 1 aromatic carbocycles. The molecule has 0 saturated carbocycles. The highest BCUT2D eigenvalue weighted by molar-refractivity contribution is 7.07. The predicted molar refractivity (Wildman–Crippen MR) is 70.9 cm³/mol. The van der Waals surface area contributed by atoms with E-state index in [9.17, 15) is 4.79 Å². The molecule has 1 heterocycles. The molecule has 0 unspecified atom stereocenters. The molecule has 0 fully saturated rings. The Morgan fingerprint density at radius 2 is 2.06 bits per heavy atom. The summed E-state index contributed by atoms with van der Waals surface area (Å²) in [4.78, 5) is 12.2. The topological polar surface area (TPSA) is 67.2 Å². The van der Waals surface area contributed by atoms with Gasteiger partial charge in [-0.1, -0.05) is 34.3 Å². The highest BCUT2D eigenvalue weighted by atomic mass is 32.1. The minimum absolute atomic E-state index is 0.286. The molecule has 0 bridgehead atoms. The fraction of sp³-hybridized carbons (Fsp3) is 0.167. The summed E-state index contributed by atoms with van der Waals surface area (Å²) in [6.07, 6.45) is 1.60. The van der Waals surface area contributed by atoms with Crippen LogP contribution < -0.4 is 5.43 Å². The van der Waals surface area contributed by atoms with Gasteiger partial charge in [-0.25, -0.2) is 5.43 Å². The molecular weight excluding hydrogens is 248 g/mol. The lowest BCUT2D eigenvalue weighted by Gasteiger charge is -1.97. The van der Waals surface area contributed by atoms with E-state index >= 15 is 0 Å². The van der Waals surface area contributed by atoms with E-state index < -0.39 is 0 Å².